The maximum Gasteiger partial charge on any atom is 0.0402 e. The molecule has 0 atom stereocenters. The van der Waals surface area contributed by atoms with Crippen molar-refractivity contribution in [2.75, 3.05) is 26.9 Å². The van der Waals surface area contributed by atoms with Gasteiger partial charge in [0.25, 0.3) is 0 Å². The van der Waals surface area contributed by atoms with E-state index >= 15 is 0 Å². The highest BCUT2D eigenvalue weighted by atomic mass is 16.3. The van der Waals surface area contributed by atoms with Crippen LogP contribution in [-0.4, -0.2) is 42.2 Å². The number of hydrogen-bond acceptors (Lipinski definition) is 4. The Morgan fingerprint density at radius 1 is 0.727 bits per heavy atom. The maximum absolute atomic E-state index is 7.57. The number of hydrogen-bond donors (Lipinski definition) is 4. The van der Waals surface area contributed by atoms with E-state index in [9.17, 15) is 0 Å². The van der Waals surface area contributed by atoms with Gasteiger partial charge >= 0.3 is 0 Å². The average Bonchev–Trinajstić information content (AvgIpc) is 1.96. The molecule has 4 heteroatoms. The Morgan fingerprint density at radius 3 is 0.727 bits per heavy atom. The minimum Gasteiger partial charge on any atom is -0.397 e. The van der Waals surface area contributed by atoms with Crippen LogP contribution in [0.5, 0.6) is 0 Å². The van der Waals surface area contributed by atoms with E-state index in [1.54, 1.807) is 20.8 Å². The van der Waals surface area contributed by atoms with Gasteiger partial charge in [-0.25, -0.2) is 0 Å². The summed E-state index contributed by atoms with van der Waals surface area (Å²) in [5, 5.41) is 22.7. The van der Waals surface area contributed by atoms with Crippen molar-refractivity contribution in [1.82, 2.24) is 0 Å². The summed E-state index contributed by atoms with van der Waals surface area (Å²) in [6.45, 7) is 5.79. The van der Waals surface area contributed by atoms with E-state index in [0.29, 0.717) is 0 Å². The summed E-state index contributed by atoms with van der Waals surface area (Å²) < 4.78 is 0. The smallest absolute Gasteiger partial charge is 0.0402 e. The molecular formula is C7H23NO3. The van der Waals surface area contributed by atoms with Crippen LogP contribution in [0.1, 0.15) is 20.8 Å². The fourth-order valence-corrected chi connectivity index (χ4v) is 0. The van der Waals surface area contributed by atoms with Crippen molar-refractivity contribution >= 4 is 0 Å². The Kier molecular flexibility index (Phi) is 194. The van der Waals surface area contributed by atoms with Crippen molar-refractivity contribution in [2.24, 2.45) is 5.73 Å². The van der Waals surface area contributed by atoms with Gasteiger partial charge in [0.1, 0.15) is 0 Å². The van der Waals surface area contributed by atoms with Crippen molar-refractivity contribution < 1.29 is 15.3 Å². The third-order valence-electron chi connectivity index (χ3n) is 0. The zero-order valence-electron chi connectivity index (χ0n) is 8.04. The summed E-state index contributed by atoms with van der Waals surface area (Å²) in [7, 11) is 1.50. The van der Waals surface area contributed by atoms with Crippen molar-refractivity contribution in [1.29, 1.82) is 0 Å². The summed E-state index contributed by atoms with van der Waals surface area (Å²) in [6, 6.07) is 0. The molecule has 5 N–H and O–H groups in total. The largest absolute Gasteiger partial charge is 0.397 e. The molecule has 0 aromatic carbocycles. The van der Waals surface area contributed by atoms with E-state index in [-0.39, 0.29) is 19.8 Å². The molecule has 0 aliphatic carbocycles. The van der Waals surface area contributed by atoms with Gasteiger partial charge in [-0.05, 0) is 27.8 Å². The van der Waals surface area contributed by atoms with Gasteiger partial charge in [-0.15, -0.1) is 0 Å². The lowest BCUT2D eigenvalue weighted by Gasteiger charge is -1.52. The second-order valence-electron chi connectivity index (χ2n) is 0.949. The first-order chi connectivity index (χ1) is 5.24. The number of aliphatic hydroxyl groups is 3. The first-order valence-electron chi connectivity index (χ1n) is 3.65. The topological polar surface area (TPSA) is 86.7 Å². The second kappa shape index (κ2) is 95.3. The van der Waals surface area contributed by atoms with Gasteiger partial charge in [0, 0.05) is 19.8 Å². The highest BCUT2D eigenvalue weighted by molar-refractivity contribution is 3.84. The molecule has 0 saturated carbocycles. The Labute approximate surface area is 69.7 Å². The highest BCUT2D eigenvalue weighted by Gasteiger charge is 1.35. The molecule has 11 heavy (non-hydrogen) atoms. The second-order valence-corrected chi connectivity index (χ2v) is 0.949. The normalized spacial score (nSPS) is 5.45. The zero-order chi connectivity index (χ0) is 10.1. The lowest BCUT2D eigenvalue weighted by Crippen LogP contribution is -1.69. The summed E-state index contributed by atoms with van der Waals surface area (Å²) in [4.78, 5) is 0. The van der Waals surface area contributed by atoms with E-state index in [0.717, 1.165) is 0 Å². The maximum atomic E-state index is 7.57. The first-order valence-corrected chi connectivity index (χ1v) is 3.65. The molecule has 0 bridgehead atoms. The van der Waals surface area contributed by atoms with E-state index in [4.69, 9.17) is 15.3 Å². The van der Waals surface area contributed by atoms with Crippen LogP contribution < -0.4 is 5.73 Å². The van der Waals surface area contributed by atoms with Gasteiger partial charge in [0.05, 0.1) is 0 Å². The van der Waals surface area contributed by atoms with Gasteiger partial charge in [0.2, 0.25) is 0 Å². The molecule has 0 aromatic rings. The zero-order valence-corrected chi connectivity index (χ0v) is 8.04. The fraction of sp³-hybridized carbons (Fsp3) is 1.00. The van der Waals surface area contributed by atoms with Crippen LogP contribution >= 0.6 is 0 Å². The predicted molar refractivity (Wildman–Crippen MR) is 48.4 cm³/mol. The summed E-state index contributed by atoms with van der Waals surface area (Å²) in [5.41, 5.74) is 4.50. The molecule has 0 aromatic heterocycles. The van der Waals surface area contributed by atoms with Crippen LogP contribution in [0.2, 0.25) is 0 Å². The predicted octanol–water partition coefficient (Wildman–Crippen LogP) is -0.429. The van der Waals surface area contributed by atoms with Crippen LogP contribution in [0.15, 0.2) is 0 Å². The fourth-order valence-electron chi connectivity index (χ4n) is 0. The Morgan fingerprint density at radius 2 is 0.727 bits per heavy atom. The first kappa shape index (κ1) is 22.4. The molecule has 0 rings (SSSR count). The number of rotatable bonds is 0. The molecule has 0 fully saturated rings. The van der Waals surface area contributed by atoms with Crippen LogP contribution in [0.25, 0.3) is 0 Å². The van der Waals surface area contributed by atoms with E-state index in [1.165, 1.54) is 7.05 Å². The molecule has 0 amide bonds. The summed E-state index contributed by atoms with van der Waals surface area (Å²) in [6.07, 6.45) is 0. The molecule has 0 heterocycles. The van der Waals surface area contributed by atoms with Crippen LogP contribution in [0, 0.1) is 0 Å². The highest BCUT2D eigenvalue weighted by Crippen LogP contribution is 1.30. The average molecular weight is 169 g/mol. The third-order valence-corrected chi connectivity index (χ3v) is 0. The van der Waals surface area contributed by atoms with E-state index in [2.05, 4.69) is 5.73 Å². The van der Waals surface area contributed by atoms with E-state index < -0.39 is 0 Å². The lowest BCUT2D eigenvalue weighted by atomic mass is 10.9. The molecule has 0 unspecified atom stereocenters. The molecule has 0 radical (unpaired) electrons. The van der Waals surface area contributed by atoms with Crippen LogP contribution in [0.3, 0.4) is 0 Å². The Balaban J connectivity index is -0.0000000301. The lowest BCUT2D eigenvalue weighted by molar-refractivity contribution is 0.318. The number of nitrogens with two attached hydrogens (primary N) is 1. The van der Waals surface area contributed by atoms with Gasteiger partial charge in [-0.1, -0.05) is 0 Å². The molecule has 0 aliphatic rings. The molecule has 4 nitrogen and oxygen atoms in total. The van der Waals surface area contributed by atoms with Crippen LogP contribution in [-0.2, 0) is 0 Å². The molecular weight excluding hydrogens is 146 g/mol. The van der Waals surface area contributed by atoms with Crippen LogP contribution in [0.4, 0.5) is 0 Å². The summed E-state index contributed by atoms with van der Waals surface area (Å²) >= 11 is 0. The molecule has 0 aliphatic heterocycles. The number of aliphatic hydroxyl groups excluding tert-OH is 3. The minimum atomic E-state index is 0.250. The van der Waals surface area contributed by atoms with Gasteiger partial charge in [-0.3, -0.25) is 0 Å². The van der Waals surface area contributed by atoms with Gasteiger partial charge < -0.3 is 21.1 Å². The Bertz CT molecular complexity index is 18.4. The quantitative estimate of drug-likeness (QED) is 0.396. The van der Waals surface area contributed by atoms with Crippen molar-refractivity contribution in [3.63, 3.8) is 0 Å². The molecule has 0 saturated heterocycles. The minimum absolute atomic E-state index is 0.250. The molecule has 0 spiro atoms. The monoisotopic (exact) mass is 169 g/mol. The SMILES string of the molecule is CCO.CCO.CCO.CN. The van der Waals surface area contributed by atoms with Crippen molar-refractivity contribution in [3.8, 4) is 0 Å². The Hall–Kier alpha value is -0.160. The summed E-state index contributed by atoms with van der Waals surface area (Å²) in [5.74, 6) is 0. The van der Waals surface area contributed by atoms with E-state index in [1.807, 2.05) is 0 Å². The van der Waals surface area contributed by atoms with Crippen molar-refractivity contribution in [3.05, 3.63) is 0 Å². The standard InChI is InChI=1S/3C2H6O.CH5N/c3*1-2-3;1-2/h3*3H,2H2,1H3;2H2,1H3. The van der Waals surface area contributed by atoms with Gasteiger partial charge in [0.15, 0.2) is 0 Å². The molecule has 74 valence electrons. The van der Waals surface area contributed by atoms with Crippen molar-refractivity contribution in [2.45, 2.75) is 20.8 Å². The van der Waals surface area contributed by atoms with Gasteiger partial charge in [-0.2, -0.15) is 0 Å². The third kappa shape index (κ3) is 23600.